The molecule has 90 valence electrons. The van der Waals surface area contributed by atoms with Crippen LogP contribution in [0.3, 0.4) is 0 Å². The van der Waals surface area contributed by atoms with Crippen molar-refractivity contribution in [3.8, 4) is 0 Å². The second kappa shape index (κ2) is 4.27. The van der Waals surface area contributed by atoms with E-state index in [4.69, 9.17) is 0 Å². The van der Waals surface area contributed by atoms with E-state index in [0.717, 1.165) is 11.3 Å². The molecule has 3 rings (SSSR count). The number of hydrogen-bond donors (Lipinski definition) is 2. The normalized spacial score (nSPS) is 22.2. The Hall–Kier alpha value is -2.13. The first-order valence-electron chi connectivity index (χ1n) is 5.90. The van der Waals surface area contributed by atoms with Gasteiger partial charge in [-0.25, -0.2) is 0 Å². The van der Waals surface area contributed by atoms with Gasteiger partial charge in [0, 0.05) is 11.3 Å². The van der Waals surface area contributed by atoms with E-state index >= 15 is 0 Å². The largest absolute Gasteiger partial charge is 0.382 e. The highest BCUT2D eigenvalue weighted by Crippen LogP contribution is 2.32. The second-order valence-electron chi connectivity index (χ2n) is 4.39. The summed E-state index contributed by atoms with van der Waals surface area (Å²) < 4.78 is 0. The highest BCUT2D eigenvalue weighted by Gasteiger charge is 2.34. The quantitative estimate of drug-likeness (QED) is 0.803. The third-order valence-corrected chi connectivity index (χ3v) is 3.25. The Labute approximate surface area is 105 Å². The van der Waals surface area contributed by atoms with Gasteiger partial charge in [-0.05, 0) is 17.7 Å². The molecule has 0 unspecified atom stereocenters. The predicted molar refractivity (Wildman–Crippen MR) is 69.6 cm³/mol. The molecular weight excluding hydrogens is 226 g/mol. The Balaban J connectivity index is 2.04. The number of hydrogen-bond acceptors (Lipinski definition) is 3. The van der Waals surface area contributed by atoms with Crippen molar-refractivity contribution in [3.63, 3.8) is 0 Å². The van der Waals surface area contributed by atoms with Crippen molar-refractivity contribution >= 4 is 11.5 Å². The van der Waals surface area contributed by atoms with Gasteiger partial charge in [0.25, 0.3) is 0 Å². The van der Waals surface area contributed by atoms with Gasteiger partial charge in [-0.15, -0.1) is 0 Å². The summed E-state index contributed by atoms with van der Waals surface area (Å²) in [6.45, 7) is 0. The van der Waals surface area contributed by atoms with Crippen molar-refractivity contribution < 1.29 is 9.90 Å². The smallest absolute Gasteiger partial charge is 0.195 e. The zero-order valence-electron chi connectivity index (χ0n) is 9.71. The highest BCUT2D eigenvalue weighted by atomic mass is 16.3. The molecule has 2 N–H and O–H groups in total. The average Bonchev–Trinajstić information content (AvgIpc) is 2.44. The van der Waals surface area contributed by atoms with Crippen LogP contribution in [0.25, 0.3) is 0 Å². The van der Waals surface area contributed by atoms with Crippen molar-refractivity contribution in [2.75, 3.05) is 5.32 Å². The monoisotopic (exact) mass is 239 g/mol. The zero-order valence-corrected chi connectivity index (χ0v) is 9.71. The number of carbonyl (C=O) groups is 1. The fourth-order valence-electron chi connectivity index (χ4n) is 2.31. The maximum Gasteiger partial charge on any atom is 0.195 e. The number of para-hydroxylation sites is 1. The molecule has 0 saturated carbocycles. The molecule has 1 heterocycles. The number of anilines is 1. The number of fused-ring (bicyclic) bond motifs is 1. The van der Waals surface area contributed by atoms with Crippen LogP contribution in [0.5, 0.6) is 0 Å². The van der Waals surface area contributed by atoms with Crippen LogP contribution < -0.4 is 5.32 Å². The van der Waals surface area contributed by atoms with E-state index in [1.807, 2.05) is 42.5 Å². The van der Waals surface area contributed by atoms with Crippen LogP contribution in [0.15, 0.2) is 54.6 Å². The first-order chi connectivity index (χ1) is 8.77. The zero-order chi connectivity index (χ0) is 12.5. The van der Waals surface area contributed by atoms with Crippen molar-refractivity contribution in [1.82, 2.24) is 0 Å². The summed E-state index contributed by atoms with van der Waals surface area (Å²) in [4.78, 5) is 12.1. The lowest BCUT2D eigenvalue weighted by Gasteiger charge is -2.30. The topological polar surface area (TPSA) is 49.3 Å². The number of rotatable bonds is 1. The summed E-state index contributed by atoms with van der Waals surface area (Å²) in [7, 11) is 0. The lowest BCUT2D eigenvalue weighted by atomic mass is 9.90. The standard InChI is InChI=1S/C15H13NO2/c17-14-11-8-4-5-9-12(11)16-13(15(14)18)10-6-2-1-3-7-10/h1-9,13,15-16,18H/t13-,15-/m1/s1. The average molecular weight is 239 g/mol. The summed E-state index contributed by atoms with van der Waals surface area (Å²) in [5.74, 6) is -0.224. The maximum absolute atomic E-state index is 12.1. The molecule has 0 spiro atoms. The molecule has 0 aromatic heterocycles. The van der Waals surface area contributed by atoms with Gasteiger partial charge in [-0.3, -0.25) is 4.79 Å². The fourth-order valence-corrected chi connectivity index (χ4v) is 2.31. The fraction of sp³-hybridized carbons (Fsp3) is 0.133. The molecule has 0 fully saturated rings. The van der Waals surface area contributed by atoms with Crippen LogP contribution in [0.4, 0.5) is 5.69 Å². The lowest BCUT2D eigenvalue weighted by molar-refractivity contribution is 0.0695. The van der Waals surface area contributed by atoms with Crippen molar-refractivity contribution in [1.29, 1.82) is 0 Å². The molecule has 2 atom stereocenters. The molecule has 2 aromatic rings. The number of carbonyl (C=O) groups excluding carboxylic acids is 1. The Morgan fingerprint density at radius 3 is 2.39 bits per heavy atom. The SMILES string of the molecule is O=C1c2ccccc2N[C@H](c2ccccc2)[C@H]1O. The first-order valence-corrected chi connectivity index (χ1v) is 5.90. The summed E-state index contributed by atoms with van der Waals surface area (Å²) >= 11 is 0. The molecule has 0 aliphatic carbocycles. The van der Waals surface area contributed by atoms with E-state index < -0.39 is 6.10 Å². The second-order valence-corrected chi connectivity index (χ2v) is 4.39. The van der Waals surface area contributed by atoms with E-state index in [0.29, 0.717) is 5.56 Å². The minimum absolute atomic E-state index is 0.224. The van der Waals surface area contributed by atoms with Gasteiger partial charge in [0.1, 0.15) is 6.10 Å². The lowest BCUT2D eigenvalue weighted by Crippen LogP contribution is -2.37. The van der Waals surface area contributed by atoms with Crippen LogP contribution >= 0.6 is 0 Å². The van der Waals surface area contributed by atoms with E-state index in [9.17, 15) is 9.90 Å². The van der Waals surface area contributed by atoms with E-state index in [-0.39, 0.29) is 11.8 Å². The molecule has 0 radical (unpaired) electrons. The number of nitrogens with one attached hydrogen (secondary N) is 1. The number of Topliss-reactive ketones (excluding diaryl/α,β-unsaturated/α-hetero) is 1. The number of benzene rings is 2. The summed E-state index contributed by atoms with van der Waals surface area (Å²) in [6.07, 6.45) is -1.04. The van der Waals surface area contributed by atoms with Crippen LogP contribution in [0.1, 0.15) is 22.0 Å². The van der Waals surface area contributed by atoms with Crippen molar-refractivity contribution in [3.05, 3.63) is 65.7 Å². The van der Waals surface area contributed by atoms with Gasteiger partial charge < -0.3 is 10.4 Å². The Kier molecular flexibility index (Phi) is 2.61. The van der Waals surface area contributed by atoms with Gasteiger partial charge in [0.2, 0.25) is 0 Å². The summed E-state index contributed by atoms with van der Waals surface area (Å²) in [5.41, 5.74) is 2.24. The molecule has 1 aliphatic rings. The molecule has 3 nitrogen and oxygen atoms in total. The highest BCUT2D eigenvalue weighted by molar-refractivity contribution is 6.06. The van der Waals surface area contributed by atoms with E-state index in [1.54, 1.807) is 12.1 Å². The molecule has 0 bridgehead atoms. The first kappa shape index (κ1) is 11.0. The third-order valence-electron chi connectivity index (χ3n) is 3.25. The molecule has 3 heteroatoms. The number of aliphatic hydroxyl groups excluding tert-OH is 1. The van der Waals surface area contributed by atoms with Crippen LogP contribution in [0.2, 0.25) is 0 Å². The Morgan fingerprint density at radius 1 is 0.944 bits per heavy atom. The minimum atomic E-state index is -1.04. The summed E-state index contributed by atoms with van der Waals surface area (Å²) in [5, 5.41) is 13.3. The third kappa shape index (κ3) is 1.69. The van der Waals surface area contributed by atoms with Gasteiger partial charge in [0.05, 0.1) is 6.04 Å². The predicted octanol–water partition coefficient (Wildman–Crippen LogP) is 2.40. The van der Waals surface area contributed by atoms with Gasteiger partial charge in [0.15, 0.2) is 5.78 Å². The van der Waals surface area contributed by atoms with Crippen molar-refractivity contribution in [2.45, 2.75) is 12.1 Å². The Bertz CT molecular complexity index is 580. The molecule has 2 aromatic carbocycles. The minimum Gasteiger partial charge on any atom is -0.382 e. The van der Waals surface area contributed by atoms with Crippen molar-refractivity contribution in [2.24, 2.45) is 0 Å². The Morgan fingerprint density at radius 2 is 1.61 bits per heavy atom. The van der Waals surface area contributed by atoms with Crippen LogP contribution in [0, 0.1) is 0 Å². The molecule has 0 saturated heterocycles. The van der Waals surface area contributed by atoms with Crippen LogP contribution in [-0.4, -0.2) is 17.0 Å². The number of aliphatic hydroxyl groups is 1. The van der Waals surface area contributed by atoms with Gasteiger partial charge in [-0.1, -0.05) is 42.5 Å². The van der Waals surface area contributed by atoms with Gasteiger partial charge in [-0.2, -0.15) is 0 Å². The van der Waals surface area contributed by atoms with Gasteiger partial charge >= 0.3 is 0 Å². The molecule has 18 heavy (non-hydrogen) atoms. The molecule has 1 aliphatic heterocycles. The van der Waals surface area contributed by atoms with Crippen LogP contribution in [-0.2, 0) is 0 Å². The maximum atomic E-state index is 12.1. The van der Waals surface area contributed by atoms with E-state index in [2.05, 4.69) is 5.32 Å². The number of ketones is 1. The summed E-state index contributed by atoms with van der Waals surface area (Å²) in [6, 6.07) is 16.4. The molecular formula is C15H13NO2. The van der Waals surface area contributed by atoms with E-state index in [1.165, 1.54) is 0 Å². The molecule has 0 amide bonds.